The van der Waals surface area contributed by atoms with Crippen molar-refractivity contribution in [1.82, 2.24) is 0 Å². The van der Waals surface area contributed by atoms with E-state index in [2.05, 4.69) is 181 Å². The highest BCUT2D eigenvalue weighted by Crippen LogP contribution is 2.46. The lowest BCUT2D eigenvalue weighted by atomic mass is 9.92. The van der Waals surface area contributed by atoms with Gasteiger partial charge in [0.25, 0.3) is 0 Å². The molecule has 9 aromatic carbocycles. The van der Waals surface area contributed by atoms with Gasteiger partial charge >= 0.3 is 0 Å². The van der Waals surface area contributed by atoms with E-state index in [1.165, 1.54) is 74.4 Å². The van der Waals surface area contributed by atoms with E-state index in [4.69, 9.17) is 0 Å². The van der Waals surface area contributed by atoms with Crippen LogP contribution >= 0.6 is 11.3 Å². The molecule has 10 rings (SSSR count). The Kier molecular flexibility index (Phi) is 6.12. The molecule has 0 saturated carbocycles. The summed E-state index contributed by atoms with van der Waals surface area (Å²) in [5, 5.41) is 12.7. The highest BCUT2D eigenvalue weighted by molar-refractivity contribution is 7.26. The lowest BCUT2D eigenvalue weighted by molar-refractivity contribution is 1.30. The SMILES string of the molecule is c1ccc2cc(N(c3ccc4ccccc4c3)c3ccc4sc5c6ccccc6c(-c6cccc7ccccc67)cc5c4c3)ccc2c1. The fourth-order valence-corrected chi connectivity index (χ4v) is 8.69. The van der Waals surface area contributed by atoms with Gasteiger partial charge in [0, 0.05) is 42.6 Å². The molecule has 1 nitrogen and oxygen atoms in total. The van der Waals surface area contributed by atoms with Gasteiger partial charge in [-0.25, -0.2) is 0 Å². The third-order valence-electron chi connectivity index (χ3n) is 9.78. The molecule has 0 atom stereocenters. The summed E-state index contributed by atoms with van der Waals surface area (Å²) in [7, 11) is 0. The average Bonchev–Trinajstić information content (AvgIpc) is 3.52. The van der Waals surface area contributed by atoms with E-state index in [1.54, 1.807) is 0 Å². The number of benzene rings is 9. The highest BCUT2D eigenvalue weighted by atomic mass is 32.1. The first-order chi connectivity index (χ1) is 23.8. The van der Waals surface area contributed by atoms with Gasteiger partial charge in [0.1, 0.15) is 0 Å². The molecule has 1 heterocycles. The van der Waals surface area contributed by atoms with Crippen molar-refractivity contribution in [2.75, 3.05) is 4.90 Å². The summed E-state index contributed by atoms with van der Waals surface area (Å²) in [5.41, 5.74) is 5.98. The molecule has 48 heavy (non-hydrogen) atoms. The van der Waals surface area contributed by atoms with Gasteiger partial charge in [-0.3, -0.25) is 0 Å². The van der Waals surface area contributed by atoms with Crippen LogP contribution in [-0.4, -0.2) is 0 Å². The van der Waals surface area contributed by atoms with Crippen molar-refractivity contribution in [1.29, 1.82) is 0 Å². The second kappa shape index (κ2) is 10.8. The molecule has 0 spiro atoms. The van der Waals surface area contributed by atoms with Gasteiger partial charge < -0.3 is 4.90 Å². The minimum absolute atomic E-state index is 1.14. The molecule has 0 N–H and O–H groups in total. The number of hydrogen-bond donors (Lipinski definition) is 0. The first kappa shape index (κ1) is 27.2. The Bertz CT molecular complexity index is 2780. The van der Waals surface area contributed by atoms with Crippen molar-refractivity contribution in [2.24, 2.45) is 0 Å². The van der Waals surface area contributed by atoms with Crippen LogP contribution in [0.25, 0.3) is 74.4 Å². The zero-order valence-corrected chi connectivity index (χ0v) is 26.9. The largest absolute Gasteiger partial charge is 0.310 e. The third kappa shape index (κ3) is 4.31. The van der Waals surface area contributed by atoms with Gasteiger partial charge in [0.15, 0.2) is 0 Å². The molecule has 0 aliphatic rings. The van der Waals surface area contributed by atoms with Crippen LogP contribution in [0.2, 0.25) is 0 Å². The molecule has 0 fully saturated rings. The smallest absolute Gasteiger partial charge is 0.0468 e. The normalized spacial score (nSPS) is 11.8. The van der Waals surface area contributed by atoms with E-state index in [9.17, 15) is 0 Å². The molecule has 0 aliphatic carbocycles. The predicted octanol–water partition coefficient (Wildman–Crippen LogP) is 13.8. The maximum absolute atomic E-state index is 2.44. The number of rotatable bonds is 4. The molecule has 0 aliphatic heterocycles. The van der Waals surface area contributed by atoms with E-state index >= 15 is 0 Å². The predicted molar refractivity (Wildman–Crippen MR) is 209 cm³/mol. The van der Waals surface area contributed by atoms with Crippen LogP contribution in [0.4, 0.5) is 17.1 Å². The van der Waals surface area contributed by atoms with Gasteiger partial charge in [0.05, 0.1) is 0 Å². The van der Waals surface area contributed by atoms with E-state index in [-0.39, 0.29) is 0 Å². The second-order valence-electron chi connectivity index (χ2n) is 12.6. The number of fused-ring (bicyclic) bond motifs is 8. The quantitative estimate of drug-likeness (QED) is 0.188. The molecule has 2 heteroatoms. The molecule has 0 bridgehead atoms. The summed E-state index contributed by atoms with van der Waals surface area (Å²) in [6.45, 7) is 0. The van der Waals surface area contributed by atoms with Crippen LogP contribution in [0.5, 0.6) is 0 Å². The fraction of sp³-hybridized carbons (Fsp3) is 0. The second-order valence-corrected chi connectivity index (χ2v) is 13.6. The van der Waals surface area contributed by atoms with E-state index in [0.717, 1.165) is 17.1 Å². The van der Waals surface area contributed by atoms with E-state index in [0.29, 0.717) is 0 Å². The van der Waals surface area contributed by atoms with E-state index < -0.39 is 0 Å². The Hall–Kier alpha value is -5.96. The van der Waals surface area contributed by atoms with Gasteiger partial charge in [0.2, 0.25) is 0 Å². The Morgan fingerprint density at radius 3 is 1.56 bits per heavy atom. The summed E-state index contributed by atoms with van der Waals surface area (Å²) >= 11 is 1.90. The molecule has 0 amide bonds. The minimum atomic E-state index is 1.14. The van der Waals surface area contributed by atoms with Crippen LogP contribution in [0.15, 0.2) is 176 Å². The van der Waals surface area contributed by atoms with Crippen molar-refractivity contribution in [3.63, 3.8) is 0 Å². The highest BCUT2D eigenvalue weighted by Gasteiger charge is 2.18. The lowest BCUT2D eigenvalue weighted by Crippen LogP contribution is -2.09. The zero-order chi connectivity index (χ0) is 31.6. The Morgan fingerprint density at radius 2 is 0.854 bits per heavy atom. The van der Waals surface area contributed by atoms with Gasteiger partial charge in [-0.05, 0) is 97.4 Å². The van der Waals surface area contributed by atoms with Gasteiger partial charge in [-0.1, -0.05) is 127 Å². The van der Waals surface area contributed by atoms with E-state index in [1.807, 2.05) is 11.3 Å². The number of thiophene rings is 1. The standard InChI is InChI=1S/C46H29NS/c1-3-13-33-26-35(22-20-30(33)10-1)47(36-23-21-31-11-2-4-14-34(31)27-36)37-24-25-45-43(28-37)44-29-42(40-17-7-8-18-41(40)46(44)48-45)39-19-9-15-32-12-5-6-16-38(32)39/h1-29H. The van der Waals surface area contributed by atoms with Crippen molar-refractivity contribution >= 4 is 91.7 Å². The summed E-state index contributed by atoms with van der Waals surface area (Å²) in [4.78, 5) is 2.41. The lowest BCUT2D eigenvalue weighted by Gasteiger charge is -2.26. The Labute approximate surface area is 282 Å². The Balaban J connectivity index is 1.24. The van der Waals surface area contributed by atoms with Crippen LogP contribution in [0.3, 0.4) is 0 Å². The van der Waals surface area contributed by atoms with Crippen molar-refractivity contribution in [3.8, 4) is 11.1 Å². The molecule has 224 valence electrons. The molecule has 0 saturated heterocycles. The summed E-state index contributed by atoms with van der Waals surface area (Å²) < 4.78 is 2.63. The number of anilines is 3. The van der Waals surface area contributed by atoms with Crippen molar-refractivity contribution in [3.05, 3.63) is 176 Å². The topological polar surface area (TPSA) is 3.24 Å². The van der Waals surface area contributed by atoms with Gasteiger partial charge in [-0.15, -0.1) is 11.3 Å². The number of hydrogen-bond acceptors (Lipinski definition) is 2. The molecular formula is C46H29NS. The van der Waals surface area contributed by atoms with Crippen LogP contribution in [0, 0.1) is 0 Å². The van der Waals surface area contributed by atoms with Crippen LogP contribution in [0.1, 0.15) is 0 Å². The minimum Gasteiger partial charge on any atom is -0.310 e. The summed E-state index contributed by atoms with van der Waals surface area (Å²) in [6.07, 6.45) is 0. The molecule has 10 aromatic rings. The van der Waals surface area contributed by atoms with Gasteiger partial charge in [-0.2, -0.15) is 0 Å². The molecule has 0 unspecified atom stereocenters. The maximum Gasteiger partial charge on any atom is 0.0468 e. The van der Waals surface area contributed by atoms with Crippen molar-refractivity contribution in [2.45, 2.75) is 0 Å². The summed E-state index contributed by atoms with van der Waals surface area (Å²) in [5.74, 6) is 0. The fourth-order valence-electron chi connectivity index (χ4n) is 7.49. The first-order valence-electron chi connectivity index (χ1n) is 16.4. The molecule has 0 radical (unpaired) electrons. The molecule has 1 aromatic heterocycles. The average molecular weight is 628 g/mol. The summed E-state index contributed by atoms with van der Waals surface area (Å²) in [6, 6.07) is 64.6. The maximum atomic E-state index is 2.44. The third-order valence-corrected chi connectivity index (χ3v) is 11.0. The van der Waals surface area contributed by atoms with Crippen LogP contribution in [-0.2, 0) is 0 Å². The Morgan fingerprint density at radius 1 is 0.312 bits per heavy atom. The monoisotopic (exact) mass is 627 g/mol. The zero-order valence-electron chi connectivity index (χ0n) is 26.1. The van der Waals surface area contributed by atoms with Crippen LogP contribution < -0.4 is 4.90 Å². The van der Waals surface area contributed by atoms with Crippen molar-refractivity contribution < 1.29 is 0 Å². The molecular weight excluding hydrogens is 599 g/mol. The number of nitrogens with zero attached hydrogens (tertiary/aromatic N) is 1. The first-order valence-corrected chi connectivity index (χ1v) is 17.2.